The van der Waals surface area contributed by atoms with Gasteiger partial charge in [-0.2, -0.15) is 0 Å². The zero-order chi connectivity index (χ0) is 15.0. The summed E-state index contributed by atoms with van der Waals surface area (Å²) in [5.41, 5.74) is 4.23. The number of rotatable bonds is 3. The molecule has 3 rings (SSSR count). The van der Waals surface area contributed by atoms with Crippen LogP contribution in [0.3, 0.4) is 0 Å². The molecule has 0 bridgehead atoms. The van der Waals surface area contributed by atoms with E-state index in [1.807, 2.05) is 25.1 Å². The van der Waals surface area contributed by atoms with Crippen molar-refractivity contribution in [2.24, 2.45) is 0 Å². The molecule has 1 unspecified atom stereocenters. The monoisotopic (exact) mass is 299 g/mol. The molecule has 108 valence electrons. The van der Waals surface area contributed by atoms with Gasteiger partial charge in [-0.05, 0) is 31.5 Å². The van der Waals surface area contributed by atoms with Gasteiger partial charge in [0.25, 0.3) is 0 Å². The van der Waals surface area contributed by atoms with E-state index in [4.69, 9.17) is 11.6 Å². The summed E-state index contributed by atoms with van der Waals surface area (Å²) in [7, 11) is 0. The minimum atomic E-state index is -0.584. The summed E-state index contributed by atoms with van der Waals surface area (Å²) in [5, 5.41) is 11.7. The largest absolute Gasteiger partial charge is 0.389 e. The van der Waals surface area contributed by atoms with Crippen LogP contribution in [0, 0.1) is 6.92 Å². The number of aromatic nitrogens is 1. The normalized spacial score (nSPS) is 12.8. The number of aliphatic hydroxyl groups excluding tert-OH is 1. The van der Waals surface area contributed by atoms with Gasteiger partial charge in [-0.1, -0.05) is 53.6 Å². The summed E-state index contributed by atoms with van der Waals surface area (Å²) >= 11 is 6.55. The lowest BCUT2D eigenvalue weighted by atomic mass is 10.1. The van der Waals surface area contributed by atoms with Crippen LogP contribution in [0.2, 0.25) is 5.15 Å². The van der Waals surface area contributed by atoms with Crippen molar-refractivity contribution in [2.45, 2.75) is 26.5 Å². The van der Waals surface area contributed by atoms with Gasteiger partial charge in [0.2, 0.25) is 0 Å². The minimum Gasteiger partial charge on any atom is -0.389 e. The molecule has 0 aliphatic rings. The SMILES string of the molecule is Cc1ccc2c(c1)c(C(C)O)c(Cl)n2Cc1ccccc1. The highest BCUT2D eigenvalue weighted by Gasteiger charge is 2.19. The summed E-state index contributed by atoms with van der Waals surface area (Å²) in [6.45, 7) is 4.51. The number of fused-ring (bicyclic) bond motifs is 1. The first-order valence-corrected chi connectivity index (χ1v) is 7.46. The lowest BCUT2D eigenvalue weighted by Crippen LogP contribution is -2.00. The topological polar surface area (TPSA) is 25.2 Å². The number of hydrogen-bond acceptors (Lipinski definition) is 1. The highest BCUT2D eigenvalue weighted by molar-refractivity contribution is 6.32. The van der Waals surface area contributed by atoms with E-state index in [9.17, 15) is 5.11 Å². The fourth-order valence-corrected chi connectivity index (χ4v) is 3.19. The minimum absolute atomic E-state index is 0.584. The van der Waals surface area contributed by atoms with Crippen molar-refractivity contribution in [3.8, 4) is 0 Å². The molecule has 0 spiro atoms. The lowest BCUT2D eigenvalue weighted by molar-refractivity contribution is 0.200. The summed E-state index contributed by atoms with van der Waals surface area (Å²) < 4.78 is 2.06. The molecule has 2 aromatic carbocycles. The number of hydrogen-bond donors (Lipinski definition) is 1. The van der Waals surface area contributed by atoms with Gasteiger partial charge in [-0.25, -0.2) is 0 Å². The van der Waals surface area contributed by atoms with Crippen LogP contribution < -0.4 is 0 Å². The second-order valence-corrected chi connectivity index (χ2v) is 5.83. The highest BCUT2D eigenvalue weighted by Crippen LogP contribution is 2.35. The first kappa shape index (κ1) is 14.2. The Morgan fingerprint density at radius 3 is 2.52 bits per heavy atom. The fraction of sp³-hybridized carbons (Fsp3) is 0.222. The van der Waals surface area contributed by atoms with E-state index in [0.29, 0.717) is 11.7 Å². The fourth-order valence-electron chi connectivity index (χ4n) is 2.78. The van der Waals surface area contributed by atoms with Crippen molar-refractivity contribution in [3.05, 3.63) is 70.4 Å². The summed E-state index contributed by atoms with van der Waals surface area (Å²) in [4.78, 5) is 0. The molecule has 0 radical (unpaired) electrons. The predicted octanol–water partition coefficient (Wildman–Crippen LogP) is 4.70. The molecule has 0 aliphatic heterocycles. The van der Waals surface area contributed by atoms with Crippen LogP contribution in [0.4, 0.5) is 0 Å². The van der Waals surface area contributed by atoms with Crippen molar-refractivity contribution in [3.63, 3.8) is 0 Å². The van der Waals surface area contributed by atoms with Crippen molar-refractivity contribution in [2.75, 3.05) is 0 Å². The molecule has 0 saturated carbocycles. The summed E-state index contributed by atoms with van der Waals surface area (Å²) in [6.07, 6.45) is -0.584. The molecule has 3 aromatic rings. The maximum atomic E-state index is 10.1. The van der Waals surface area contributed by atoms with Gasteiger partial charge in [-0.15, -0.1) is 0 Å². The first-order chi connectivity index (χ1) is 10.1. The molecule has 1 N–H and O–H groups in total. The summed E-state index contributed by atoms with van der Waals surface area (Å²) in [5.74, 6) is 0. The van der Waals surface area contributed by atoms with Crippen LogP contribution in [-0.4, -0.2) is 9.67 Å². The van der Waals surface area contributed by atoms with Gasteiger partial charge in [0.1, 0.15) is 5.15 Å². The molecule has 1 atom stereocenters. The van der Waals surface area contributed by atoms with Gasteiger partial charge in [-0.3, -0.25) is 0 Å². The molecule has 0 amide bonds. The molecular formula is C18H18ClNO. The van der Waals surface area contributed by atoms with Crippen molar-refractivity contribution < 1.29 is 5.11 Å². The Morgan fingerprint density at radius 2 is 1.86 bits per heavy atom. The lowest BCUT2D eigenvalue weighted by Gasteiger charge is -2.08. The third kappa shape index (κ3) is 2.57. The van der Waals surface area contributed by atoms with E-state index < -0.39 is 6.10 Å². The van der Waals surface area contributed by atoms with Gasteiger partial charge in [0, 0.05) is 23.0 Å². The van der Waals surface area contributed by atoms with Crippen LogP contribution in [0.15, 0.2) is 48.5 Å². The van der Waals surface area contributed by atoms with Crippen molar-refractivity contribution in [1.82, 2.24) is 4.57 Å². The van der Waals surface area contributed by atoms with Gasteiger partial charge in [0.15, 0.2) is 0 Å². The van der Waals surface area contributed by atoms with E-state index in [-0.39, 0.29) is 0 Å². The van der Waals surface area contributed by atoms with Crippen LogP contribution in [0.25, 0.3) is 10.9 Å². The van der Waals surface area contributed by atoms with E-state index in [0.717, 1.165) is 22.0 Å². The van der Waals surface area contributed by atoms with Gasteiger partial charge in [0.05, 0.1) is 6.10 Å². The third-order valence-corrected chi connectivity index (χ3v) is 4.20. The van der Waals surface area contributed by atoms with Crippen LogP contribution in [0.5, 0.6) is 0 Å². The Kier molecular flexibility index (Phi) is 3.75. The Hall–Kier alpha value is -1.77. The molecule has 2 nitrogen and oxygen atoms in total. The molecule has 21 heavy (non-hydrogen) atoms. The number of aryl methyl sites for hydroxylation is 1. The quantitative estimate of drug-likeness (QED) is 0.745. The first-order valence-electron chi connectivity index (χ1n) is 7.08. The van der Waals surface area contributed by atoms with E-state index in [2.05, 4.69) is 34.9 Å². The number of benzene rings is 2. The Labute approximate surface area is 129 Å². The second kappa shape index (κ2) is 5.55. The van der Waals surface area contributed by atoms with E-state index in [1.54, 1.807) is 6.92 Å². The van der Waals surface area contributed by atoms with Gasteiger partial charge >= 0.3 is 0 Å². The maximum Gasteiger partial charge on any atom is 0.116 e. The van der Waals surface area contributed by atoms with Crippen LogP contribution in [-0.2, 0) is 6.54 Å². The molecule has 1 heterocycles. The standard InChI is InChI=1S/C18H18ClNO/c1-12-8-9-16-15(10-12)17(13(2)21)18(19)20(16)11-14-6-4-3-5-7-14/h3-10,13,21H,11H2,1-2H3. The van der Waals surface area contributed by atoms with Crippen LogP contribution in [0.1, 0.15) is 29.7 Å². The Bertz CT molecular complexity index is 775. The molecule has 0 aliphatic carbocycles. The average Bonchev–Trinajstić information content (AvgIpc) is 2.72. The number of aliphatic hydroxyl groups is 1. The van der Waals surface area contributed by atoms with Crippen molar-refractivity contribution in [1.29, 1.82) is 0 Å². The molecule has 0 fully saturated rings. The Morgan fingerprint density at radius 1 is 1.14 bits per heavy atom. The number of nitrogens with zero attached hydrogens (tertiary/aromatic N) is 1. The molecule has 1 aromatic heterocycles. The van der Waals surface area contributed by atoms with E-state index in [1.165, 1.54) is 5.56 Å². The van der Waals surface area contributed by atoms with Crippen molar-refractivity contribution >= 4 is 22.5 Å². The molecular weight excluding hydrogens is 282 g/mol. The third-order valence-electron chi connectivity index (χ3n) is 3.79. The van der Waals surface area contributed by atoms with E-state index >= 15 is 0 Å². The summed E-state index contributed by atoms with van der Waals surface area (Å²) in [6, 6.07) is 16.5. The molecule has 3 heteroatoms. The zero-order valence-electron chi connectivity index (χ0n) is 12.2. The van der Waals surface area contributed by atoms with Crippen LogP contribution >= 0.6 is 11.6 Å². The highest BCUT2D eigenvalue weighted by atomic mass is 35.5. The Balaban J connectivity index is 2.20. The second-order valence-electron chi connectivity index (χ2n) is 5.47. The average molecular weight is 300 g/mol. The molecule has 0 saturated heterocycles. The van der Waals surface area contributed by atoms with Gasteiger partial charge < -0.3 is 9.67 Å². The zero-order valence-corrected chi connectivity index (χ0v) is 12.9. The maximum absolute atomic E-state index is 10.1. The predicted molar refractivity (Wildman–Crippen MR) is 87.9 cm³/mol. The smallest absolute Gasteiger partial charge is 0.116 e. The number of halogens is 1.